The van der Waals surface area contributed by atoms with Gasteiger partial charge in [0, 0.05) is 39.3 Å². The van der Waals surface area contributed by atoms with Crippen LogP contribution in [0.15, 0.2) is 0 Å². The lowest BCUT2D eigenvalue weighted by Gasteiger charge is -2.40. The number of hydrogen-bond acceptors (Lipinski definition) is 3. The van der Waals surface area contributed by atoms with Crippen molar-refractivity contribution < 1.29 is 4.79 Å². The summed E-state index contributed by atoms with van der Waals surface area (Å²) in [5.74, 6) is 0.959. The molecule has 1 fully saturated rings. The van der Waals surface area contributed by atoms with Crippen molar-refractivity contribution in [3.63, 3.8) is 0 Å². The molecule has 1 saturated heterocycles. The zero-order valence-corrected chi connectivity index (χ0v) is 13.1. The summed E-state index contributed by atoms with van der Waals surface area (Å²) < 4.78 is 0. The first kappa shape index (κ1) is 16.4. The molecule has 0 atom stereocenters. The molecule has 0 aromatic rings. The maximum Gasteiger partial charge on any atom is 0.230 e. The summed E-state index contributed by atoms with van der Waals surface area (Å²) in [5.41, 5.74) is 5.54. The summed E-state index contributed by atoms with van der Waals surface area (Å²) >= 11 is 0. The minimum absolute atomic E-state index is 0.268. The highest BCUT2D eigenvalue weighted by atomic mass is 16.2. The van der Waals surface area contributed by atoms with E-state index in [4.69, 9.17) is 5.73 Å². The van der Waals surface area contributed by atoms with Crippen LogP contribution in [-0.2, 0) is 4.79 Å². The van der Waals surface area contributed by atoms with E-state index in [2.05, 4.69) is 32.6 Å². The summed E-state index contributed by atoms with van der Waals surface area (Å²) in [6.45, 7) is 13.9. The van der Waals surface area contributed by atoms with Gasteiger partial charge in [0.25, 0.3) is 0 Å². The second-order valence-electron chi connectivity index (χ2n) is 6.18. The van der Waals surface area contributed by atoms with Gasteiger partial charge in [0.1, 0.15) is 0 Å². The highest BCUT2D eigenvalue weighted by Crippen LogP contribution is 2.28. The minimum Gasteiger partial charge on any atom is -0.340 e. The lowest BCUT2D eigenvalue weighted by molar-refractivity contribution is -0.144. The summed E-state index contributed by atoms with van der Waals surface area (Å²) in [5, 5.41) is 0. The monoisotopic (exact) mass is 269 g/mol. The van der Waals surface area contributed by atoms with Crippen LogP contribution in [0, 0.1) is 11.3 Å². The third-order valence-corrected chi connectivity index (χ3v) is 4.48. The van der Waals surface area contributed by atoms with E-state index in [1.807, 2.05) is 4.90 Å². The molecule has 0 aromatic carbocycles. The molecule has 112 valence electrons. The van der Waals surface area contributed by atoms with Gasteiger partial charge in [0.05, 0.1) is 5.41 Å². The standard InChI is InChI=1S/C15H31N3O/c1-5-15(6-2,12-16)14(19)18-9-7-17(8-10-18)11-13(3)4/h13H,5-12,16H2,1-4H3. The molecule has 1 aliphatic heterocycles. The van der Waals surface area contributed by atoms with Gasteiger partial charge in [0.15, 0.2) is 0 Å². The van der Waals surface area contributed by atoms with Crippen molar-refractivity contribution >= 4 is 5.91 Å². The van der Waals surface area contributed by atoms with Crippen LogP contribution in [0.25, 0.3) is 0 Å². The van der Waals surface area contributed by atoms with Crippen molar-refractivity contribution in [2.24, 2.45) is 17.1 Å². The molecule has 1 heterocycles. The van der Waals surface area contributed by atoms with Gasteiger partial charge in [-0.05, 0) is 18.8 Å². The fraction of sp³-hybridized carbons (Fsp3) is 0.933. The molecule has 4 heteroatoms. The average molecular weight is 269 g/mol. The molecule has 0 bridgehead atoms. The average Bonchev–Trinajstić information content (AvgIpc) is 2.41. The Hall–Kier alpha value is -0.610. The number of carbonyl (C=O) groups excluding carboxylic acids is 1. The van der Waals surface area contributed by atoms with Crippen LogP contribution < -0.4 is 5.73 Å². The minimum atomic E-state index is -0.333. The van der Waals surface area contributed by atoms with E-state index in [1.165, 1.54) is 0 Å². The predicted octanol–water partition coefficient (Wildman–Crippen LogP) is 1.55. The fourth-order valence-electron chi connectivity index (χ4n) is 2.91. The van der Waals surface area contributed by atoms with Crippen molar-refractivity contribution in [2.45, 2.75) is 40.5 Å². The van der Waals surface area contributed by atoms with Crippen molar-refractivity contribution in [2.75, 3.05) is 39.3 Å². The lowest BCUT2D eigenvalue weighted by atomic mass is 9.81. The SMILES string of the molecule is CCC(CC)(CN)C(=O)N1CCN(CC(C)C)CC1. The highest BCUT2D eigenvalue weighted by Gasteiger charge is 2.37. The number of amides is 1. The smallest absolute Gasteiger partial charge is 0.230 e. The van der Waals surface area contributed by atoms with Crippen LogP contribution in [0.3, 0.4) is 0 Å². The Balaban J connectivity index is 2.57. The van der Waals surface area contributed by atoms with Gasteiger partial charge < -0.3 is 10.6 Å². The van der Waals surface area contributed by atoms with Crippen LogP contribution in [0.4, 0.5) is 0 Å². The molecule has 0 unspecified atom stereocenters. The normalized spacial score (nSPS) is 18.1. The van der Waals surface area contributed by atoms with Gasteiger partial charge in [-0.15, -0.1) is 0 Å². The van der Waals surface area contributed by atoms with Crippen LogP contribution in [0.1, 0.15) is 40.5 Å². The van der Waals surface area contributed by atoms with Gasteiger partial charge in [-0.1, -0.05) is 27.7 Å². The number of piperazine rings is 1. The zero-order chi connectivity index (χ0) is 14.5. The van der Waals surface area contributed by atoms with Gasteiger partial charge in [-0.25, -0.2) is 0 Å². The van der Waals surface area contributed by atoms with E-state index in [-0.39, 0.29) is 11.3 Å². The molecule has 0 aromatic heterocycles. The first-order valence-electron chi connectivity index (χ1n) is 7.70. The summed E-state index contributed by atoms with van der Waals surface area (Å²) in [4.78, 5) is 17.1. The predicted molar refractivity (Wildman–Crippen MR) is 79.9 cm³/mol. The third kappa shape index (κ3) is 3.93. The molecule has 19 heavy (non-hydrogen) atoms. The number of carbonyl (C=O) groups is 1. The molecule has 1 amide bonds. The fourth-order valence-corrected chi connectivity index (χ4v) is 2.91. The number of nitrogens with two attached hydrogens (primary N) is 1. The Bertz CT molecular complexity index is 271. The van der Waals surface area contributed by atoms with E-state index in [1.54, 1.807) is 0 Å². The van der Waals surface area contributed by atoms with Crippen molar-refractivity contribution in [1.29, 1.82) is 0 Å². The quantitative estimate of drug-likeness (QED) is 0.796. The Labute approximate surface area is 118 Å². The zero-order valence-electron chi connectivity index (χ0n) is 13.1. The maximum absolute atomic E-state index is 12.7. The lowest BCUT2D eigenvalue weighted by Crippen LogP contribution is -2.55. The summed E-state index contributed by atoms with van der Waals surface area (Å²) in [6, 6.07) is 0. The largest absolute Gasteiger partial charge is 0.340 e. The number of nitrogens with zero attached hydrogens (tertiary/aromatic N) is 2. The molecule has 0 spiro atoms. The van der Waals surface area contributed by atoms with Gasteiger partial charge in [-0.3, -0.25) is 9.69 Å². The van der Waals surface area contributed by atoms with E-state index < -0.39 is 0 Å². The molecular formula is C15H31N3O. The Morgan fingerprint density at radius 3 is 2.05 bits per heavy atom. The molecule has 1 aliphatic rings. The first-order valence-corrected chi connectivity index (χ1v) is 7.70. The second kappa shape index (κ2) is 7.25. The van der Waals surface area contributed by atoms with E-state index in [9.17, 15) is 4.79 Å². The molecule has 0 radical (unpaired) electrons. The molecule has 1 rings (SSSR count). The van der Waals surface area contributed by atoms with E-state index in [0.29, 0.717) is 12.5 Å². The molecule has 2 N–H and O–H groups in total. The van der Waals surface area contributed by atoms with Crippen LogP contribution in [-0.4, -0.2) is 55.0 Å². The summed E-state index contributed by atoms with van der Waals surface area (Å²) in [7, 11) is 0. The first-order chi connectivity index (χ1) is 8.99. The van der Waals surface area contributed by atoms with E-state index in [0.717, 1.165) is 45.6 Å². The molecular weight excluding hydrogens is 238 g/mol. The van der Waals surface area contributed by atoms with Crippen LogP contribution in [0.2, 0.25) is 0 Å². The highest BCUT2D eigenvalue weighted by molar-refractivity contribution is 5.83. The second-order valence-corrected chi connectivity index (χ2v) is 6.18. The van der Waals surface area contributed by atoms with Crippen molar-refractivity contribution in [1.82, 2.24) is 9.80 Å². The number of hydrogen-bond donors (Lipinski definition) is 1. The molecule has 4 nitrogen and oxygen atoms in total. The topological polar surface area (TPSA) is 49.6 Å². The summed E-state index contributed by atoms with van der Waals surface area (Å²) in [6.07, 6.45) is 1.68. The van der Waals surface area contributed by atoms with Gasteiger partial charge >= 0.3 is 0 Å². The Kier molecular flexibility index (Phi) is 6.27. The Morgan fingerprint density at radius 2 is 1.68 bits per heavy atom. The third-order valence-electron chi connectivity index (χ3n) is 4.48. The molecule has 0 saturated carbocycles. The molecule has 0 aliphatic carbocycles. The van der Waals surface area contributed by atoms with E-state index >= 15 is 0 Å². The van der Waals surface area contributed by atoms with Gasteiger partial charge in [0.2, 0.25) is 5.91 Å². The number of rotatable bonds is 6. The van der Waals surface area contributed by atoms with Crippen molar-refractivity contribution in [3.05, 3.63) is 0 Å². The maximum atomic E-state index is 12.7. The Morgan fingerprint density at radius 1 is 1.16 bits per heavy atom. The van der Waals surface area contributed by atoms with Crippen LogP contribution >= 0.6 is 0 Å². The van der Waals surface area contributed by atoms with Gasteiger partial charge in [-0.2, -0.15) is 0 Å². The van der Waals surface area contributed by atoms with Crippen LogP contribution in [0.5, 0.6) is 0 Å². The van der Waals surface area contributed by atoms with Crippen molar-refractivity contribution in [3.8, 4) is 0 Å².